The molecule has 1 heterocycles. The molecule has 0 aromatic rings. The largest absolute Gasteiger partial charge is 0.724 e. The molecule has 0 amide bonds. The molecule has 1 unspecified atom stereocenters. The molecule has 0 aromatic heterocycles. The highest BCUT2D eigenvalue weighted by atomic mass is 32.2. The predicted octanol–water partition coefficient (Wildman–Crippen LogP) is 0.0209. The minimum Gasteiger partial charge on any atom is -0.724 e. The Kier molecular flexibility index (Phi) is 1.88. The molecule has 1 saturated heterocycles. The summed E-state index contributed by atoms with van der Waals surface area (Å²) in [6, 6.07) is 0. The Hall–Kier alpha value is 0.0700. The van der Waals surface area contributed by atoms with Crippen molar-refractivity contribution < 1.29 is 12.6 Å². The summed E-state index contributed by atoms with van der Waals surface area (Å²) >= 11 is -1.92. The Morgan fingerprint density at radius 2 is 1.89 bits per heavy atom. The lowest BCUT2D eigenvalue weighted by Crippen LogP contribution is -2.42. The van der Waals surface area contributed by atoms with Crippen LogP contribution in [0.1, 0.15) is 12.8 Å². The topological polar surface area (TPSA) is 40.1 Å². The zero-order valence-corrected chi connectivity index (χ0v) is 6.32. The second kappa shape index (κ2) is 2.36. The summed E-state index contributed by atoms with van der Waals surface area (Å²) in [6.45, 7) is 1.58. The van der Waals surface area contributed by atoms with Crippen molar-refractivity contribution in [1.29, 1.82) is 0 Å². The maximum atomic E-state index is 10.5. The van der Waals surface area contributed by atoms with E-state index in [4.69, 9.17) is 0 Å². The molecular weight excluding hydrogens is 138 g/mol. The zero-order valence-electron chi connectivity index (χ0n) is 5.50. The predicted molar refractivity (Wildman–Crippen MR) is 34.1 cm³/mol. The Morgan fingerprint density at radius 3 is 2.11 bits per heavy atom. The summed E-state index contributed by atoms with van der Waals surface area (Å²) in [5.41, 5.74) is 0. The van der Waals surface area contributed by atoms with Gasteiger partial charge in [-0.2, -0.15) is 0 Å². The Balaban J connectivity index is 2.61. The Morgan fingerprint density at radius 1 is 1.44 bits per heavy atom. The minimum atomic E-state index is -1.92. The first kappa shape index (κ1) is 7.18. The summed E-state index contributed by atoms with van der Waals surface area (Å²) in [7, 11) is 1.76. The minimum absolute atomic E-state index is 0.222. The van der Waals surface area contributed by atoms with Crippen LogP contribution in [0.5, 0.6) is 0 Å². The number of hydrogen-bond donors (Lipinski definition) is 0. The fraction of sp³-hybridized carbons (Fsp3) is 1.00. The summed E-state index contributed by atoms with van der Waals surface area (Å²) in [6.07, 6.45) is 2.09. The Labute approximate surface area is 57.7 Å². The SMILES string of the molecule is C[N+]1(S(=O)[O-])CCCC1. The molecule has 0 spiro atoms. The van der Waals surface area contributed by atoms with Gasteiger partial charge in [0.15, 0.2) is 0 Å². The first-order chi connectivity index (χ1) is 4.15. The van der Waals surface area contributed by atoms with Crippen molar-refractivity contribution in [3.8, 4) is 0 Å². The number of likely N-dealkylation sites (tertiary alicyclic amines) is 1. The van der Waals surface area contributed by atoms with E-state index in [2.05, 4.69) is 0 Å². The third-order valence-electron chi connectivity index (χ3n) is 1.87. The van der Waals surface area contributed by atoms with Gasteiger partial charge >= 0.3 is 0 Å². The van der Waals surface area contributed by atoms with E-state index in [0.717, 1.165) is 25.9 Å². The highest BCUT2D eigenvalue weighted by Gasteiger charge is 2.28. The standard InChI is InChI=1S/C5H11NO2S/c1-6(9(7)8)4-2-3-5-6/h2-5H2,1H3. The van der Waals surface area contributed by atoms with Gasteiger partial charge in [0.25, 0.3) is 0 Å². The molecule has 0 aromatic carbocycles. The van der Waals surface area contributed by atoms with Crippen LogP contribution < -0.4 is 0 Å². The summed E-state index contributed by atoms with van der Waals surface area (Å²) in [5, 5.41) is 0. The van der Waals surface area contributed by atoms with Crippen LogP contribution in [0.25, 0.3) is 0 Å². The molecular formula is C5H11NO2S. The third kappa shape index (κ3) is 1.31. The molecule has 1 rings (SSSR count). The van der Waals surface area contributed by atoms with E-state index in [0.29, 0.717) is 0 Å². The molecule has 1 atom stereocenters. The van der Waals surface area contributed by atoms with Crippen LogP contribution in [0.15, 0.2) is 0 Å². The smallest absolute Gasteiger partial charge is 0.148 e. The van der Waals surface area contributed by atoms with Crippen molar-refractivity contribution in [3.63, 3.8) is 0 Å². The average Bonchev–Trinajstić information content (AvgIpc) is 2.16. The van der Waals surface area contributed by atoms with Crippen molar-refractivity contribution in [2.45, 2.75) is 12.8 Å². The van der Waals surface area contributed by atoms with E-state index < -0.39 is 11.3 Å². The van der Waals surface area contributed by atoms with Gasteiger partial charge in [-0.1, -0.05) is 0 Å². The number of quaternary nitrogens is 1. The van der Waals surface area contributed by atoms with Crippen LogP contribution in [0, 0.1) is 0 Å². The molecule has 1 aliphatic rings. The Bertz CT molecular complexity index is 131. The van der Waals surface area contributed by atoms with E-state index in [1.165, 1.54) is 0 Å². The highest BCUT2D eigenvalue weighted by Crippen LogP contribution is 2.17. The van der Waals surface area contributed by atoms with Gasteiger partial charge in [-0.05, 0) is 0 Å². The van der Waals surface area contributed by atoms with Gasteiger partial charge in [0, 0.05) is 12.8 Å². The second-order valence-corrected chi connectivity index (χ2v) is 3.98. The first-order valence-electron chi connectivity index (χ1n) is 3.10. The van der Waals surface area contributed by atoms with Crippen LogP contribution in [-0.4, -0.2) is 32.8 Å². The molecule has 0 saturated carbocycles. The van der Waals surface area contributed by atoms with Crippen LogP contribution in [0.2, 0.25) is 0 Å². The molecule has 0 aliphatic carbocycles. The molecule has 0 N–H and O–H groups in total. The van der Waals surface area contributed by atoms with Crippen molar-refractivity contribution in [3.05, 3.63) is 0 Å². The van der Waals surface area contributed by atoms with Gasteiger partial charge in [-0.15, -0.1) is 0 Å². The van der Waals surface area contributed by atoms with Crippen LogP contribution in [0.4, 0.5) is 0 Å². The summed E-state index contributed by atoms with van der Waals surface area (Å²) in [4.78, 5) is 0. The summed E-state index contributed by atoms with van der Waals surface area (Å²) in [5.74, 6) is 0. The highest BCUT2D eigenvalue weighted by molar-refractivity contribution is 7.73. The summed E-state index contributed by atoms with van der Waals surface area (Å²) < 4.78 is 21.2. The number of nitrogens with zero attached hydrogens (tertiary/aromatic N) is 1. The third-order valence-corrected chi connectivity index (χ3v) is 2.96. The lowest BCUT2D eigenvalue weighted by molar-refractivity contribution is -0.770. The monoisotopic (exact) mass is 149 g/mol. The maximum Gasteiger partial charge on any atom is 0.148 e. The maximum absolute atomic E-state index is 10.5. The van der Waals surface area contributed by atoms with Gasteiger partial charge in [0.2, 0.25) is 0 Å². The van der Waals surface area contributed by atoms with Gasteiger partial charge < -0.3 is 4.55 Å². The van der Waals surface area contributed by atoms with E-state index in [1.54, 1.807) is 7.05 Å². The number of rotatable bonds is 1. The molecule has 9 heavy (non-hydrogen) atoms. The van der Waals surface area contributed by atoms with Gasteiger partial charge in [0.05, 0.1) is 20.1 Å². The van der Waals surface area contributed by atoms with Crippen LogP contribution >= 0.6 is 0 Å². The van der Waals surface area contributed by atoms with Gasteiger partial charge in [-0.3, -0.25) is 3.89 Å². The van der Waals surface area contributed by atoms with E-state index in [-0.39, 0.29) is 3.89 Å². The van der Waals surface area contributed by atoms with E-state index in [1.807, 2.05) is 0 Å². The molecule has 4 heteroatoms. The molecule has 0 radical (unpaired) electrons. The number of hydrogen-bond acceptors (Lipinski definition) is 2. The van der Waals surface area contributed by atoms with E-state index >= 15 is 0 Å². The van der Waals surface area contributed by atoms with Crippen molar-refractivity contribution >= 4 is 11.3 Å². The fourth-order valence-electron chi connectivity index (χ4n) is 1.15. The van der Waals surface area contributed by atoms with Crippen molar-refractivity contribution in [1.82, 2.24) is 0 Å². The quantitative estimate of drug-likeness (QED) is 0.389. The van der Waals surface area contributed by atoms with E-state index in [9.17, 15) is 8.76 Å². The first-order valence-corrected chi connectivity index (χ1v) is 4.13. The van der Waals surface area contributed by atoms with Crippen LogP contribution in [-0.2, 0) is 11.3 Å². The molecule has 54 valence electrons. The molecule has 0 bridgehead atoms. The fourth-order valence-corrected chi connectivity index (χ4v) is 1.71. The lowest BCUT2D eigenvalue weighted by atomic mass is 10.4. The lowest BCUT2D eigenvalue weighted by Gasteiger charge is -2.28. The van der Waals surface area contributed by atoms with Crippen LogP contribution in [0.3, 0.4) is 0 Å². The normalized spacial score (nSPS) is 28.2. The molecule has 1 aliphatic heterocycles. The average molecular weight is 149 g/mol. The molecule has 1 fully saturated rings. The second-order valence-electron chi connectivity index (χ2n) is 2.67. The van der Waals surface area contributed by atoms with Crippen molar-refractivity contribution in [2.75, 3.05) is 20.1 Å². The van der Waals surface area contributed by atoms with Gasteiger partial charge in [-0.25, -0.2) is 4.21 Å². The van der Waals surface area contributed by atoms with Crippen molar-refractivity contribution in [2.24, 2.45) is 0 Å². The zero-order chi connectivity index (χ0) is 6.91. The molecule has 3 nitrogen and oxygen atoms in total. The van der Waals surface area contributed by atoms with Gasteiger partial charge in [0.1, 0.15) is 11.3 Å².